The maximum absolute atomic E-state index is 14.4. The number of ether oxygens (including phenoxy) is 4. The maximum Gasteiger partial charge on any atom is 0.355 e. The molecule has 0 atom stereocenters. The van der Waals surface area contributed by atoms with E-state index in [0.29, 0.717) is 16.5 Å². The first-order valence-electron chi connectivity index (χ1n) is 13.6. The zero-order valence-corrected chi connectivity index (χ0v) is 25.9. The summed E-state index contributed by atoms with van der Waals surface area (Å²) in [5, 5.41) is 3.14. The highest BCUT2D eigenvalue weighted by Crippen LogP contribution is 2.44. The predicted molar refractivity (Wildman–Crippen MR) is 164 cm³/mol. The summed E-state index contributed by atoms with van der Waals surface area (Å²) in [6.07, 6.45) is 0. The van der Waals surface area contributed by atoms with E-state index >= 15 is 0 Å². The second-order valence-corrected chi connectivity index (χ2v) is 10.2. The molecule has 1 N–H and O–H groups in total. The van der Waals surface area contributed by atoms with Gasteiger partial charge in [0.2, 0.25) is 0 Å². The molecule has 0 saturated heterocycles. The van der Waals surface area contributed by atoms with Gasteiger partial charge in [0.15, 0.2) is 11.6 Å². The van der Waals surface area contributed by atoms with Gasteiger partial charge in [0.05, 0.1) is 27.4 Å². The fraction of sp³-hybridized carbons (Fsp3) is 0.212. The molecule has 11 heteroatoms. The summed E-state index contributed by atoms with van der Waals surface area (Å²) in [7, 11) is 2.97. The van der Waals surface area contributed by atoms with Gasteiger partial charge in [0, 0.05) is 38.2 Å². The molecular formula is C33H29Cl2NO8. The average Bonchev–Trinajstić information content (AvgIpc) is 3.03. The highest BCUT2D eigenvalue weighted by molar-refractivity contribution is 6.35. The number of nitrogens with one attached hydrogen (secondary N) is 1. The molecule has 0 radical (unpaired) electrons. The lowest BCUT2D eigenvalue weighted by Gasteiger charge is -2.32. The lowest BCUT2D eigenvalue weighted by Crippen LogP contribution is -2.39. The van der Waals surface area contributed by atoms with Crippen LogP contribution in [0.15, 0.2) is 89.3 Å². The third-order valence-electron chi connectivity index (χ3n) is 6.79. The van der Waals surface area contributed by atoms with E-state index in [4.69, 9.17) is 42.1 Å². The van der Waals surface area contributed by atoms with Crippen molar-refractivity contribution in [2.24, 2.45) is 0 Å². The maximum atomic E-state index is 14.4. The number of hydrogen-bond donors (Lipinski definition) is 1. The molecule has 3 aromatic rings. The van der Waals surface area contributed by atoms with Crippen LogP contribution in [0.25, 0.3) is 0 Å². The first-order chi connectivity index (χ1) is 21.1. The van der Waals surface area contributed by atoms with Gasteiger partial charge in [-0.05, 0) is 80.1 Å². The van der Waals surface area contributed by atoms with Gasteiger partial charge in [-0.1, -0.05) is 29.3 Å². The Hall–Kier alpha value is -4.60. The normalized spacial score (nSPS) is 13.2. The lowest BCUT2D eigenvalue weighted by atomic mass is 9.75. The van der Waals surface area contributed by atoms with E-state index in [1.807, 2.05) is 0 Å². The van der Waals surface area contributed by atoms with Crippen molar-refractivity contribution in [2.45, 2.75) is 19.8 Å². The molecule has 1 aliphatic rings. The van der Waals surface area contributed by atoms with Crippen LogP contribution in [0.3, 0.4) is 0 Å². The minimum absolute atomic E-state index is 0.0313. The lowest BCUT2D eigenvalue weighted by molar-refractivity contribution is -0.139. The zero-order valence-electron chi connectivity index (χ0n) is 24.4. The van der Waals surface area contributed by atoms with E-state index in [2.05, 4.69) is 5.32 Å². The molecule has 0 aliphatic carbocycles. The van der Waals surface area contributed by atoms with Gasteiger partial charge in [0.25, 0.3) is 0 Å². The molecule has 1 heterocycles. The van der Waals surface area contributed by atoms with Crippen molar-refractivity contribution in [3.8, 4) is 11.5 Å². The van der Waals surface area contributed by atoms with E-state index in [1.54, 1.807) is 38.1 Å². The summed E-state index contributed by atoms with van der Waals surface area (Å²) in [6, 6.07) is 16.9. The van der Waals surface area contributed by atoms with Crippen molar-refractivity contribution in [3.63, 3.8) is 0 Å². The van der Waals surface area contributed by atoms with Gasteiger partial charge in [-0.3, -0.25) is 9.59 Å². The topological polar surface area (TPSA) is 117 Å². The molecule has 44 heavy (non-hydrogen) atoms. The first-order valence-corrected chi connectivity index (χ1v) is 14.3. The first kappa shape index (κ1) is 32.3. The van der Waals surface area contributed by atoms with Crippen molar-refractivity contribution in [1.82, 2.24) is 5.32 Å². The molecule has 9 nitrogen and oxygen atoms in total. The van der Waals surface area contributed by atoms with Gasteiger partial charge in [-0.15, -0.1) is 0 Å². The number of methoxy groups -OCH3 is 2. The van der Waals surface area contributed by atoms with E-state index in [0.717, 1.165) is 0 Å². The van der Waals surface area contributed by atoms with Crippen molar-refractivity contribution < 1.29 is 38.1 Å². The third-order valence-corrected chi connectivity index (χ3v) is 7.35. The summed E-state index contributed by atoms with van der Waals surface area (Å²) in [4.78, 5) is 55.7. The fourth-order valence-corrected chi connectivity index (χ4v) is 5.27. The van der Waals surface area contributed by atoms with Gasteiger partial charge in [-0.2, -0.15) is 0 Å². The molecule has 1 aliphatic heterocycles. The molecule has 0 amide bonds. The Kier molecular flexibility index (Phi) is 10.5. The van der Waals surface area contributed by atoms with Crippen LogP contribution >= 0.6 is 23.2 Å². The number of dihydropyridines is 1. The smallest absolute Gasteiger partial charge is 0.355 e. The van der Waals surface area contributed by atoms with Crippen LogP contribution in [-0.4, -0.2) is 50.9 Å². The van der Waals surface area contributed by atoms with E-state index < -0.39 is 29.4 Å². The van der Waals surface area contributed by atoms with E-state index in [1.165, 1.54) is 56.7 Å². The standard InChI is InChI=1S/C33H29Cl2NO8/c1-5-43-32(39)28-26(30(37)18-7-12-21(41-3)13-8-18)25(23-16-11-20(34)17-24(23)35)27(29(36-28)33(40)44-6-2)31(38)19-9-14-22(42-4)15-10-19/h7-17,25,36H,5-6H2,1-4H3. The number of halogens is 2. The Morgan fingerprint density at radius 3 is 1.48 bits per heavy atom. The Balaban J connectivity index is 2.08. The van der Waals surface area contributed by atoms with Gasteiger partial charge >= 0.3 is 11.9 Å². The summed E-state index contributed by atoms with van der Waals surface area (Å²) in [5.74, 6) is -3.41. The minimum Gasteiger partial charge on any atom is -0.497 e. The number of allylic oxidation sites excluding steroid dienone is 2. The number of benzene rings is 3. The highest BCUT2D eigenvalue weighted by Gasteiger charge is 2.44. The Morgan fingerprint density at radius 2 is 1.11 bits per heavy atom. The minimum atomic E-state index is -1.33. The Labute approximate surface area is 264 Å². The predicted octanol–water partition coefficient (Wildman–Crippen LogP) is 6.10. The summed E-state index contributed by atoms with van der Waals surface area (Å²) in [5.41, 5.74) is -0.401. The monoisotopic (exact) mass is 637 g/mol. The largest absolute Gasteiger partial charge is 0.497 e. The van der Waals surface area contributed by atoms with Crippen LogP contribution in [0, 0.1) is 0 Å². The van der Waals surface area contributed by atoms with E-state index in [9.17, 15) is 19.2 Å². The fourth-order valence-electron chi connectivity index (χ4n) is 4.75. The molecule has 0 fully saturated rings. The van der Waals surface area contributed by atoms with Crippen molar-refractivity contribution in [2.75, 3.05) is 27.4 Å². The summed E-state index contributed by atoms with van der Waals surface area (Å²) >= 11 is 12.9. The van der Waals surface area contributed by atoms with Crippen molar-refractivity contribution >= 4 is 46.7 Å². The van der Waals surface area contributed by atoms with Crippen LogP contribution in [0.2, 0.25) is 10.0 Å². The molecule has 3 aromatic carbocycles. The molecule has 0 saturated carbocycles. The summed E-state index contributed by atoms with van der Waals surface area (Å²) < 4.78 is 21.1. The Bertz CT molecular complexity index is 1560. The van der Waals surface area contributed by atoms with Crippen LogP contribution in [0.5, 0.6) is 11.5 Å². The number of hydrogen-bond acceptors (Lipinski definition) is 9. The molecular weight excluding hydrogens is 609 g/mol. The molecule has 0 unspecified atom stereocenters. The van der Waals surface area contributed by atoms with Gasteiger partial charge < -0.3 is 24.3 Å². The second kappa shape index (κ2) is 14.2. The van der Waals surface area contributed by atoms with Crippen molar-refractivity contribution in [3.05, 3.63) is 116 Å². The molecule has 0 spiro atoms. The molecule has 0 bridgehead atoms. The SMILES string of the molecule is CCOC(=O)C1=C(C(=O)c2ccc(OC)cc2)C(c2ccc(Cl)cc2Cl)C(C(=O)c2ccc(OC)cc2)=C(C(=O)OCC)N1. The number of ketones is 2. The molecule has 228 valence electrons. The van der Waals surface area contributed by atoms with Gasteiger partial charge in [0.1, 0.15) is 22.9 Å². The van der Waals surface area contributed by atoms with E-state index in [-0.39, 0.29) is 57.5 Å². The number of carbonyl (C=O) groups is 4. The molecule has 4 rings (SSSR count). The quantitative estimate of drug-likeness (QED) is 0.197. The highest BCUT2D eigenvalue weighted by atomic mass is 35.5. The second-order valence-electron chi connectivity index (χ2n) is 9.36. The average molecular weight is 639 g/mol. The van der Waals surface area contributed by atoms with Gasteiger partial charge in [-0.25, -0.2) is 9.59 Å². The number of Topliss-reactive ketones (excluding diaryl/α,β-unsaturated/α-hetero) is 2. The van der Waals surface area contributed by atoms with Crippen LogP contribution in [-0.2, 0) is 19.1 Å². The van der Waals surface area contributed by atoms with Crippen LogP contribution < -0.4 is 14.8 Å². The van der Waals surface area contributed by atoms with Crippen LogP contribution in [0.4, 0.5) is 0 Å². The number of rotatable bonds is 11. The Morgan fingerprint density at radius 1 is 0.682 bits per heavy atom. The number of esters is 2. The molecule has 0 aromatic heterocycles. The third kappa shape index (κ3) is 6.64. The number of carbonyl (C=O) groups excluding carboxylic acids is 4. The summed E-state index contributed by atoms with van der Waals surface area (Å²) in [6.45, 7) is 3.13. The zero-order chi connectivity index (χ0) is 32.0. The van der Waals surface area contributed by atoms with Crippen molar-refractivity contribution in [1.29, 1.82) is 0 Å². The van der Waals surface area contributed by atoms with Crippen LogP contribution in [0.1, 0.15) is 46.0 Å².